The van der Waals surface area contributed by atoms with E-state index in [0.29, 0.717) is 28.3 Å². The van der Waals surface area contributed by atoms with E-state index in [1.807, 2.05) is 67.6 Å². The van der Waals surface area contributed by atoms with Crippen LogP contribution in [0.1, 0.15) is 32.0 Å². The number of hydrogen-bond donors (Lipinski definition) is 2. The fourth-order valence-corrected chi connectivity index (χ4v) is 4.12. The summed E-state index contributed by atoms with van der Waals surface area (Å²) in [5.41, 5.74) is 7.43. The highest BCUT2D eigenvalue weighted by Gasteiger charge is 2.19. The number of benzene rings is 4. The van der Waals surface area contributed by atoms with Gasteiger partial charge in [-0.2, -0.15) is 5.10 Å². The van der Waals surface area contributed by atoms with E-state index in [-0.39, 0.29) is 0 Å². The lowest BCUT2D eigenvalue weighted by Gasteiger charge is -2.08. The van der Waals surface area contributed by atoms with Crippen LogP contribution in [-0.4, -0.2) is 30.2 Å². The van der Waals surface area contributed by atoms with E-state index < -0.39 is 11.9 Å². The number of ether oxygens (including phenoxy) is 2. The quantitative estimate of drug-likeness (QED) is 0.121. The highest BCUT2D eigenvalue weighted by atomic mass is 16.5. The highest BCUT2D eigenvalue weighted by Crippen LogP contribution is 2.34. The van der Waals surface area contributed by atoms with Crippen molar-refractivity contribution >= 4 is 29.0 Å². The zero-order valence-corrected chi connectivity index (χ0v) is 20.9. The molecule has 1 amide bonds. The first-order chi connectivity index (χ1) is 18.5. The molecule has 2 N–H and O–H groups in total. The van der Waals surface area contributed by atoms with Crippen LogP contribution in [-0.2, 0) is 0 Å². The summed E-state index contributed by atoms with van der Waals surface area (Å²) in [6, 6.07) is 29.4. The molecule has 5 rings (SSSR count). The van der Waals surface area contributed by atoms with Crippen LogP contribution in [0.3, 0.4) is 0 Å². The van der Waals surface area contributed by atoms with Crippen LogP contribution in [0.15, 0.2) is 102 Å². The number of esters is 1. The molecule has 0 fully saturated rings. The van der Waals surface area contributed by atoms with Crippen molar-refractivity contribution in [2.24, 2.45) is 5.10 Å². The lowest BCUT2D eigenvalue weighted by atomic mass is 10.0. The van der Waals surface area contributed by atoms with Crippen molar-refractivity contribution in [2.75, 3.05) is 7.11 Å². The first kappa shape index (κ1) is 24.5. The van der Waals surface area contributed by atoms with Crippen molar-refractivity contribution in [3.63, 3.8) is 0 Å². The van der Waals surface area contributed by atoms with Crippen molar-refractivity contribution in [3.05, 3.63) is 119 Å². The van der Waals surface area contributed by atoms with Crippen LogP contribution in [0.2, 0.25) is 0 Å². The van der Waals surface area contributed by atoms with E-state index in [1.54, 1.807) is 43.5 Å². The van der Waals surface area contributed by atoms with Crippen LogP contribution >= 0.6 is 0 Å². The fourth-order valence-electron chi connectivity index (χ4n) is 4.12. The van der Waals surface area contributed by atoms with Gasteiger partial charge in [0.15, 0.2) is 0 Å². The summed E-state index contributed by atoms with van der Waals surface area (Å²) in [6.45, 7) is 1.95. The molecule has 0 radical (unpaired) electrons. The maximum absolute atomic E-state index is 13.3. The number of aromatic nitrogens is 1. The van der Waals surface area contributed by atoms with Gasteiger partial charge in [0.1, 0.15) is 17.2 Å². The minimum absolute atomic E-state index is 0.332. The molecule has 7 heteroatoms. The molecule has 0 bridgehead atoms. The molecular weight excluding hydrogens is 478 g/mol. The van der Waals surface area contributed by atoms with Crippen molar-refractivity contribution < 1.29 is 19.1 Å². The Hall–Kier alpha value is -5.17. The zero-order chi connectivity index (χ0) is 26.5. The Kier molecular flexibility index (Phi) is 6.99. The standard InChI is InChI=1S/C31H25N3O4/c1-20-12-14-22(15-13-20)31(36)38-27-11-7-6-10-23(27)19-32-34-30(35)29-28(21-8-4-3-5-9-21)25-18-24(37-2)16-17-26(25)33-29/h3-19,33H,1-2H3,(H,34,35). The molecule has 5 aromatic rings. The summed E-state index contributed by atoms with van der Waals surface area (Å²) in [7, 11) is 1.61. The van der Waals surface area contributed by atoms with E-state index >= 15 is 0 Å². The molecule has 0 aliphatic heterocycles. The average Bonchev–Trinajstić information content (AvgIpc) is 3.33. The average molecular weight is 504 g/mol. The summed E-state index contributed by atoms with van der Waals surface area (Å²) in [4.78, 5) is 29.1. The Bertz CT molecular complexity index is 1640. The fraction of sp³-hybridized carbons (Fsp3) is 0.0645. The van der Waals surface area contributed by atoms with Gasteiger partial charge in [-0.05, 0) is 55.0 Å². The third-order valence-corrected chi connectivity index (χ3v) is 6.07. The Balaban J connectivity index is 1.39. The number of hydrazone groups is 1. The first-order valence-corrected chi connectivity index (χ1v) is 12.0. The molecule has 188 valence electrons. The molecule has 4 aromatic carbocycles. The number of carbonyl (C=O) groups excluding carboxylic acids is 2. The number of amides is 1. The number of para-hydroxylation sites is 1. The number of fused-ring (bicyclic) bond motifs is 1. The van der Waals surface area contributed by atoms with Gasteiger partial charge >= 0.3 is 5.97 Å². The molecule has 0 saturated carbocycles. The van der Waals surface area contributed by atoms with Crippen LogP contribution in [0.25, 0.3) is 22.0 Å². The lowest BCUT2D eigenvalue weighted by molar-refractivity contribution is 0.0734. The van der Waals surface area contributed by atoms with E-state index in [0.717, 1.165) is 27.6 Å². The molecule has 0 saturated heterocycles. The molecule has 0 unspecified atom stereocenters. The largest absolute Gasteiger partial charge is 0.497 e. The number of methoxy groups -OCH3 is 1. The normalized spacial score (nSPS) is 11.0. The first-order valence-electron chi connectivity index (χ1n) is 12.0. The molecule has 0 atom stereocenters. The van der Waals surface area contributed by atoms with Crippen molar-refractivity contribution in [1.82, 2.24) is 10.4 Å². The molecule has 0 spiro atoms. The maximum Gasteiger partial charge on any atom is 0.343 e. The monoisotopic (exact) mass is 503 g/mol. The number of hydrogen-bond acceptors (Lipinski definition) is 5. The third-order valence-electron chi connectivity index (χ3n) is 6.07. The van der Waals surface area contributed by atoms with Crippen molar-refractivity contribution in [1.29, 1.82) is 0 Å². The molecule has 38 heavy (non-hydrogen) atoms. The number of carbonyl (C=O) groups is 2. The Labute approximate surface area is 219 Å². The predicted octanol–water partition coefficient (Wildman–Crippen LogP) is 6.14. The number of rotatable bonds is 7. The second-order valence-corrected chi connectivity index (χ2v) is 8.65. The second kappa shape index (κ2) is 10.8. The molecule has 0 aliphatic rings. The Morgan fingerprint density at radius 3 is 2.39 bits per heavy atom. The lowest BCUT2D eigenvalue weighted by Crippen LogP contribution is -2.19. The minimum atomic E-state index is -0.476. The summed E-state index contributed by atoms with van der Waals surface area (Å²) in [6.07, 6.45) is 1.45. The zero-order valence-electron chi connectivity index (χ0n) is 20.9. The van der Waals surface area contributed by atoms with E-state index in [1.165, 1.54) is 6.21 Å². The van der Waals surface area contributed by atoms with Gasteiger partial charge in [0.2, 0.25) is 0 Å². The Morgan fingerprint density at radius 2 is 1.63 bits per heavy atom. The van der Waals surface area contributed by atoms with Gasteiger partial charge in [-0.1, -0.05) is 60.2 Å². The second-order valence-electron chi connectivity index (χ2n) is 8.65. The topological polar surface area (TPSA) is 92.8 Å². The van der Waals surface area contributed by atoms with Crippen LogP contribution in [0.4, 0.5) is 0 Å². The molecule has 1 heterocycles. The maximum atomic E-state index is 13.3. The summed E-state index contributed by atoms with van der Waals surface area (Å²) in [5, 5.41) is 5.01. The third kappa shape index (κ3) is 5.17. The van der Waals surface area contributed by atoms with E-state index in [4.69, 9.17) is 9.47 Å². The molecule has 0 aliphatic carbocycles. The van der Waals surface area contributed by atoms with E-state index in [2.05, 4.69) is 15.5 Å². The van der Waals surface area contributed by atoms with Crippen molar-refractivity contribution in [3.8, 4) is 22.6 Å². The highest BCUT2D eigenvalue weighted by molar-refractivity contribution is 6.10. The van der Waals surface area contributed by atoms with Crippen LogP contribution in [0, 0.1) is 6.92 Å². The van der Waals surface area contributed by atoms with Gasteiger partial charge in [0.25, 0.3) is 5.91 Å². The number of nitrogens with zero attached hydrogens (tertiary/aromatic N) is 1. The van der Waals surface area contributed by atoms with E-state index in [9.17, 15) is 9.59 Å². The molecule has 1 aromatic heterocycles. The smallest absolute Gasteiger partial charge is 0.343 e. The van der Waals surface area contributed by atoms with Crippen LogP contribution in [0.5, 0.6) is 11.5 Å². The van der Waals surface area contributed by atoms with Crippen molar-refractivity contribution in [2.45, 2.75) is 6.92 Å². The van der Waals surface area contributed by atoms with Gasteiger partial charge in [-0.25, -0.2) is 10.2 Å². The van der Waals surface area contributed by atoms with Crippen LogP contribution < -0.4 is 14.9 Å². The molecular formula is C31H25N3O4. The Morgan fingerprint density at radius 1 is 0.895 bits per heavy atom. The summed E-state index contributed by atoms with van der Waals surface area (Å²) in [5.74, 6) is 0.134. The number of nitrogens with one attached hydrogen (secondary N) is 2. The van der Waals surface area contributed by atoms with Gasteiger partial charge in [0, 0.05) is 22.0 Å². The van der Waals surface area contributed by atoms with Gasteiger partial charge in [0.05, 0.1) is 18.9 Å². The minimum Gasteiger partial charge on any atom is -0.497 e. The summed E-state index contributed by atoms with van der Waals surface area (Å²) < 4.78 is 11.0. The predicted molar refractivity (Wildman–Crippen MR) is 148 cm³/mol. The SMILES string of the molecule is COc1ccc2[nH]c(C(=O)NN=Cc3ccccc3OC(=O)c3ccc(C)cc3)c(-c3ccccc3)c2c1. The number of aromatic amines is 1. The van der Waals surface area contributed by atoms with Gasteiger partial charge < -0.3 is 14.5 Å². The van der Waals surface area contributed by atoms with Gasteiger partial charge in [-0.15, -0.1) is 0 Å². The summed E-state index contributed by atoms with van der Waals surface area (Å²) >= 11 is 0. The number of H-pyrrole nitrogens is 1. The number of aryl methyl sites for hydroxylation is 1. The van der Waals surface area contributed by atoms with Gasteiger partial charge in [-0.3, -0.25) is 4.79 Å². The molecule has 7 nitrogen and oxygen atoms in total.